The fourth-order valence-corrected chi connectivity index (χ4v) is 4.32. The van der Waals surface area contributed by atoms with Gasteiger partial charge >= 0.3 is 5.97 Å². The van der Waals surface area contributed by atoms with E-state index in [1.807, 2.05) is 54.6 Å². The number of anilines is 1. The lowest BCUT2D eigenvalue weighted by Gasteiger charge is -2.43. The van der Waals surface area contributed by atoms with Gasteiger partial charge in [-0.1, -0.05) is 42.5 Å². The van der Waals surface area contributed by atoms with E-state index in [1.54, 1.807) is 9.58 Å². The van der Waals surface area contributed by atoms with Gasteiger partial charge in [0.25, 0.3) is 0 Å². The molecule has 1 atom stereocenters. The Bertz CT molecular complexity index is 1090. The van der Waals surface area contributed by atoms with E-state index in [4.69, 9.17) is 10.1 Å². The number of carboxylic acids is 1. The lowest BCUT2D eigenvalue weighted by Crippen LogP contribution is -2.51. The highest BCUT2D eigenvalue weighted by molar-refractivity contribution is 6.01. The highest BCUT2D eigenvalue weighted by atomic mass is 16.4. The van der Waals surface area contributed by atoms with Gasteiger partial charge in [0.05, 0.1) is 5.69 Å². The summed E-state index contributed by atoms with van der Waals surface area (Å²) in [5, 5.41) is 14.1. The van der Waals surface area contributed by atoms with Crippen LogP contribution in [0, 0.1) is 0 Å². The first kappa shape index (κ1) is 16.7. The second-order valence-corrected chi connectivity index (χ2v) is 7.16. The number of nitrogens with zero attached hydrogens (tertiary/aromatic N) is 4. The molecule has 1 N–H and O–H groups in total. The van der Waals surface area contributed by atoms with E-state index in [9.17, 15) is 14.7 Å². The minimum Gasteiger partial charge on any atom is -0.481 e. The van der Waals surface area contributed by atoms with Gasteiger partial charge in [0, 0.05) is 36.8 Å². The number of aliphatic carboxylic acids is 1. The monoisotopic (exact) mass is 374 g/mol. The standard InChI is InChI=1S/C21H18N4O3/c26-17-10-12-21(13-11-18(27)28)24(17)16-9-5-4-8-15(16)20-22-19(23-25(20)21)14-6-2-1-3-7-14/h1-9H,10-13H2,(H,27,28). The van der Waals surface area contributed by atoms with Crippen molar-refractivity contribution >= 4 is 17.6 Å². The zero-order chi connectivity index (χ0) is 19.3. The zero-order valence-electron chi connectivity index (χ0n) is 15.1. The Morgan fingerprint density at radius 3 is 2.64 bits per heavy atom. The largest absolute Gasteiger partial charge is 0.481 e. The smallest absolute Gasteiger partial charge is 0.303 e. The molecule has 1 saturated heterocycles. The number of rotatable bonds is 4. The summed E-state index contributed by atoms with van der Waals surface area (Å²) in [5.74, 6) is 0.338. The van der Waals surface area contributed by atoms with Crippen LogP contribution in [0.2, 0.25) is 0 Å². The first-order chi connectivity index (χ1) is 13.6. The predicted molar refractivity (Wildman–Crippen MR) is 102 cm³/mol. The molecule has 2 aliphatic rings. The second kappa shape index (κ2) is 6.02. The third-order valence-electron chi connectivity index (χ3n) is 5.56. The number of benzene rings is 2. The van der Waals surface area contributed by atoms with E-state index in [0.29, 0.717) is 24.5 Å². The number of aromatic nitrogens is 3. The molecule has 1 fully saturated rings. The molecule has 2 aliphatic heterocycles. The Labute approximate surface area is 161 Å². The molecule has 0 radical (unpaired) electrons. The molecule has 140 valence electrons. The van der Waals surface area contributed by atoms with Crippen molar-refractivity contribution < 1.29 is 14.7 Å². The lowest BCUT2D eigenvalue weighted by molar-refractivity contribution is -0.137. The Morgan fingerprint density at radius 1 is 1.11 bits per heavy atom. The van der Waals surface area contributed by atoms with Crippen molar-refractivity contribution in [2.24, 2.45) is 0 Å². The maximum atomic E-state index is 12.8. The van der Waals surface area contributed by atoms with E-state index in [0.717, 1.165) is 16.8 Å². The zero-order valence-corrected chi connectivity index (χ0v) is 15.1. The van der Waals surface area contributed by atoms with Gasteiger partial charge < -0.3 is 5.11 Å². The quantitative estimate of drug-likeness (QED) is 0.757. The number of hydrogen-bond acceptors (Lipinski definition) is 4. The molecular weight excluding hydrogens is 356 g/mol. The van der Waals surface area contributed by atoms with E-state index >= 15 is 0 Å². The van der Waals surface area contributed by atoms with Crippen LogP contribution < -0.4 is 4.90 Å². The van der Waals surface area contributed by atoms with Crippen molar-refractivity contribution in [2.45, 2.75) is 31.3 Å². The van der Waals surface area contributed by atoms with Crippen LogP contribution in [0.5, 0.6) is 0 Å². The van der Waals surface area contributed by atoms with Gasteiger partial charge in [0.15, 0.2) is 11.6 Å². The molecule has 5 rings (SSSR count). The topological polar surface area (TPSA) is 88.3 Å². The Balaban J connectivity index is 1.75. The van der Waals surface area contributed by atoms with Gasteiger partial charge in [-0.3, -0.25) is 14.5 Å². The molecule has 28 heavy (non-hydrogen) atoms. The number of carbonyl (C=O) groups excluding carboxylic acids is 1. The molecule has 1 amide bonds. The average molecular weight is 374 g/mol. The van der Waals surface area contributed by atoms with Crippen LogP contribution >= 0.6 is 0 Å². The Morgan fingerprint density at radius 2 is 1.86 bits per heavy atom. The molecule has 2 aromatic carbocycles. The summed E-state index contributed by atoms with van der Waals surface area (Å²) in [6.45, 7) is 0. The van der Waals surface area contributed by atoms with Crippen molar-refractivity contribution in [2.75, 3.05) is 4.90 Å². The molecule has 7 nitrogen and oxygen atoms in total. The van der Waals surface area contributed by atoms with Crippen LogP contribution in [0.15, 0.2) is 54.6 Å². The van der Waals surface area contributed by atoms with Gasteiger partial charge in [-0.05, 0) is 12.1 Å². The fraction of sp³-hybridized carbons (Fsp3) is 0.238. The predicted octanol–water partition coefficient (Wildman–Crippen LogP) is 3.27. The summed E-state index contributed by atoms with van der Waals surface area (Å²) < 4.78 is 1.78. The van der Waals surface area contributed by atoms with Gasteiger partial charge in [0.2, 0.25) is 5.91 Å². The van der Waals surface area contributed by atoms with Crippen LogP contribution in [0.25, 0.3) is 22.8 Å². The lowest BCUT2D eigenvalue weighted by atomic mass is 9.95. The number of fused-ring (bicyclic) bond motifs is 6. The van der Waals surface area contributed by atoms with Crippen LogP contribution in [0.4, 0.5) is 5.69 Å². The summed E-state index contributed by atoms with van der Waals surface area (Å²) in [7, 11) is 0. The molecule has 1 aromatic heterocycles. The Hall–Kier alpha value is -3.48. The SMILES string of the molecule is O=C(O)CCC12CCC(=O)N1c1ccccc1-c1nc(-c3ccccc3)nn12. The van der Waals surface area contributed by atoms with Crippen molar-refractivity contribution in [3.8, 4) is 22.8 Å². The number of carboxylic acid groups (broad SMARTS) is 1. The summed E-state index contributed by atoms with van der Waals surface area (Å²) in [4.78, 5) is 30.7. The maximum Gasteiger partial charge on any atom is 0.303 e. The average Bonchev–Trinajstić information content (AvgIpc) is 3.30. The van der Waals surface area contributed by atoms with Crippen molar-refractivity contribution in [1.82, 2.24) is 14.8 Å². The summed E-state index contributed by atoms with van der Waals surface area (Å²) >= 11 is 0. The van der Waals surface area contributed by atoms with Crippen LogP contribution in [0.1, 0.15) is 25.7 Å². The van der Waals surface area contributed by atoms with Gasteiger partial charge in [-0.15, -0.1) is 5.10 Å². The molecule has 0 aliphatic carbocycles. The van der Waals surface area contributed by atoms with Gasteiger partial charge in [0.1, 0.15) is 5.66 Å². The van der Waals surface area contributed by atoms with E-state index in [1.165, 1.54) is 0 Å². The summed E-state index contributed by atoms with van der Waals surface area (Å²) in [6.07, 6.45) is 1.10. The van der Waals surface area contributed by atoms with Crippen molar-refractivity contribution in [1.29, 1.82) is 0 Å². The minimum absolute atomic E-state index is 0.0137. The normalized spacial score (nSPS) is 19.9. The van der Waals surface area contributed by atoms with E-state index < -0.39 is 11.6 Å². The highest BCUT2D eigenvalue weighted by Crippen LogP contribution is 2.50. The third-order valence-corrected chi connectivity index (χ3v) is 5.56. The molecule has 3 aromatic rings. The molecule has 0 saturated carbocycles. The molecule has 0 bridgehead atoms. The molecule has 0 spiro atoms. The molecule has 3 heterocycles. The number of para-hydroxylation sites is 1. The van der Waals surface area contributed by atoms with E-state index in [2.05, 4.69) is 0 Å². The number of amides is 1. The third kappa shape index (κ3) is 2.29. The van der Waals surface area contributed by atoms with Crippen molar-refractivity contribution in [3.05, 3.63) is 54.6 Å². The summed E-state index contributed by atoms with van der Waals surface area (Å²) in [5.41, 5.74) is 1.65. The summed E-state index contributed by atoms with van der Waals surface area (Å²) in [6, 6.07) is 17.3. The van der Waals surface area contributed by atoms with Crippen LogP contribution in [-0.2, 0) is 15.3 Å². The highest BCUT2D eigenvalue weighted by Gasteiger charge is 2.53. The number of carbonyl (C=O) groups is 2. The van der Waals surface area contributed by atoms with Gasteiger partial charge in [-0.2, -0.15) is 0 Å². The van der Waals surface area contributed by atoms with Crippen LogP contribution in [-0.4, -0.2) is 31.7 Å². The first-order valence-corrected chi connectivity index (χ1v) is 9.27. The van der Waals surface area contributed by atoms with Gasteiger partial charge in [-0.25, -0.2) is 9.67 Å². The minimum atomic E-state index is -0.891. The first-order valence-electron chi connectivity index (χ1n) is 9.27. The molecular formula is C21H18N4O3. The second-order valence-electron chi connectivity index (χ2n) is 7.16. The van der Waals surface area contributed by atoms with Crippen LogP contribution in [0.3, 0.4) is 0 Å². The van der Waals surface area contributed by atoms with E-state index in [-0.39, 0.29) is 18.7 Å². The molecule has 7 heteroatoms. The Kier molecular flexibility index (Phi) is 3.58. The maximum absolute atomic E-state index is 12.8. The number of hydrogen-bond donors (Lipinski definition) is 1. The van der Waals surface area contributed by atoms with Crippen molar-refractivity contribution in [3.63, 3.8) is 0 Å². The fourth-order valence-electron chi connectivity index (χ4n) is 4.32. The molecule has 1 unspecified atom stereocenters.